The Balaban J connectivity index is 1.73. The summed E-state index contributed by atoms with van der Waals surface area (Å²) in [5, 5.41) is 30.9. The summed E-state index contributed by atoms with van der Waals surface area (Å²) in [6, 6.07) is 4.84. The summed E-state index contributed by atoms with van der Waals surface area (Å²) in [4.78, 5) is 49.2. The molecule has 2 heterocycles. The molecule has 37 heavy (non-hydrogen) atoms. The summed E-state index contributed by atoms with van der Waals surface area (Å²) in [6.45, 7) is 0.290. The van der Waals surface area contributed by atoms with Crippen LogP contribution in [-0.4, -0.2) is 52.6 Å². The highest BCUT2D eigenvalue weighted by molar-refractivity contribution is 6.02. The van der Waals surface area contributed by atoms with Gasteiger partial charge in [-0.1, -0.05) is 0 Å². The molecule has 2 aromatic rings. The zero-order chi connectivity index (χ0) is 26.7. The summed E-state index contributed by atoms with van der Waals surface area (Å²) in [5.74, 6) is -4.01. The van der Waals surface area contributed by atoms with Gasteiger partial charge < -0.3 is 36.1 Å². The van der Waals surface area contributed by atoms with Crippen molar-refractivity contribution >= 4 is 35.5 Å². The van der Waals surface area contributed by atoms with E-state index in [0.717, 1.165) is 0 Å². The Morgan fingerprint density at radius 3 is 2.49 bits per heavy atom. The number of anilines is 1. The molecule has 0 saturated carbocycles. The van der Waals surface area contributed by atoms with E-state index in [4.69, 9.17) is 25.7 Å². The van der Waals surface area contributed by atoms with Gasteiger partial charge >= 0.3 is 17.9 Å². The maximum absolute atomic E-state index is 13.3. The van der Waals surface area contributed by atoms with Gasteiger partial charge in [0.1, 0.15) is 17.5 Å². The van der Waals surface area contributed by atoms with Gasteiger partial charge in [-0.05, 0) is 49.4 Å². The number of carbonyl (C=O) groups excluding carboxylic acids is 2. The maximum atomic E-state index is 13.3. The molecule has 0 fully saturated rings. The first kappa shape index (κ1) is 25.5. The molecule has 12 nitrogen and oxygen atoms in total. The quantitative estimate of drug-likeness (QED) is 0.144. The predicted molar refractivity (Wildman–Crippen MR) is 130 cm³/mol. The minimum Gasteiger partial charge on any atom is -0.493 e. The van der Waals surface area contributed by atoms with Crippen LogP contribution in [0.4, 0.5) is 5.69 Å². The molecule has 4 rings (SSSR count). The molecule has 1 atom stereocenters. The fraction of sp³-hybridized carbons (Fsp3) is 0.320. The maximum Gasteiger partial charge on any atom is 0.343 e. The van der Waals surface area contributed by atoms with E-state index in [1.165, 1.54) is 0 Å². The fourth-order valence-corrected chi connectivity index (χ4v) is 4.59. The van der Waals surface area contributed by atoms with Crippen LogP contribution in [0.1, 0.15) is 56.7 Å². The standard InChI is InChI=1S/C25H26N4O8/c26-25(27)28-13-5-6-14-12(9-13)3-1-2-4-15-19(37-24(14)35)11-18-16(7-8-36-18)21(15)22(32)29-17(23(33)34)10-20(30)31/h5-6,9,11,17H,1-4,7-8,10H2,(H,29,32)(H,30,31)(H,33,34)(H4,26,27,28). The second kappa shape index (κ2) is 10.6. The highest BCUT2D eigenvalue weighted by Crippen LogP contribution is 2.39. The van der Waals surface area contributed by atoms with Crippen molar-refractivity contribution in [3.05, 3.63) is 52.1 Å². The Morgan fingerprint density at radius 2 is 1.78 bits per heavy atom. The van der Waals surface area contributed by atoms with Crippen LogP contribution in [0, 0.1) is 5.41 Å². The Bertz CT molecular complexity index is 1310. The van der Waals surface area contributed by atoms with E-state index < -0.39 is 36.3 Å². The second-order valence-corrected chi connectivity index (χ2v) is 8.77. The number of carboxylic acids is 2. The SMILES string of the molecule is N=C(N)Nc1ccc2c(c1)CCCCc1c(cc3c(c1C(=O)NC(CC(=O)O)C(=O)O)CCO3)OC2=O. The lowest BCUT2D eigenvalue weighted by atomic mass is 9.91. The van der Waals surface area contributed by atoms with Gasteiger partial charge in [0, 0.05) is 29.3 Å². The zero-order valence-electron chi connectivity index (χ0n) is 19.8. The normalized spacial score (nSPS) is 15.1. The van der Waals surface area contributed by atoms with Crippen molar-refractivity contribution in [3.63, 3.8) is 0 Å². The minimum absolute atomic E-state index is 0.125. The number of aryl methyl sites for hydroxylation is 1. The predicted octanol–water partition coefficient (Wildman–Crippen LogP) is 1.68. The largest absolute Gasteiger partial charge is 0.493 e. The molecule has 1 amide bonds. The number of guanidine groups is 1. The van der Waals surface area contributed by atoms with Gasteiger partial charge in [-0.3, -0.25) is 15.0 Å². The molecule has 2 aliphatic heterocycles. The lowest BCUT2D eigenvalue weighted by molar-refractivity contribution is -0.145. The molecule has 2 aliphatic rings. The summed E-state index contributed by atoms with van der Waals surface area (Å²) in [7, 11) is 0. The molecule has 0 saturated heterocycles. The Morgan fingerprint density at radius 1 is 1.05 bits per heavy atom. The Kier molecular flexibility index (Phi) is 7.27. The van der Waals surface area contributed by atoms with Crippen molar-refractivity contribution in [1.29, 1.82) is 5.41 Å². The molecular formula is C25H26N4O8. The number of benzene rings is 2. The number of carboxylic acid groups (broad SMARTS) is 2. The number of nitrogens with one attached hydrogen (secondary N) is 3. The Labute approximate surface area is 211 Å². The van der Waals surface area contributed by atoms with Crippen molar-refractivity contribution in [1.82, 2.24) is 5.32 Å². The second-order valence-electron chi connectivity index (χ2n) is 8.77. The lowest BCUT2D eigenvalue weighted by Crippen LogP contribution is -2.42. The third-order valence-electron chi connectivity index (χ3n) is 6.21. The number of ether oxygens (including phenoxy) is 2. The summed E-state index contributed by atoms with van der Waals surface area (Å²) in [6.07, 6.45) is 1.77. The number of hydrogen-bond acceptors (Lipinski definition) is 7. The molecule has 7 N–H and O–H groups in total. The lowest BCUT2D eigenvalue weighted by Gasteiger charge is -2.21. The van der Waals surface area contributed by atoms with Crippen molar-refractivity contribution in [2.75, 3.05) is 11.9 Å². The zero-order valence-corrected chi connectivity index (χ0v) is 19.8. The minimum atomic E-state index is -1.63. The van der Waals surface area contributed by atoms with Crippen molar-refractivity contribution in [2.45, 2.75) is 44.6 Å². The molecule has 0 radical (unpaired) electrons. The van der Waals surface area contributed by atoms with Crippen LogP contribution < -0.4 is 25.8 Å². The summed E-state index contributed by atoms with van der Waals surface area (Å²) >= 11 is 0. The molecule has 0 spiro atoms. The number of carbonyl (C=O) groups is 4. The highest BCUT2D eigenvalue weighted by Gasteiger charge is 2.32. The summed E-state index contributed by atoms with van der Waals surface area (Å²) < 4.78 is 11.4. The summed E-state index contributed by atoms with van der Waals surface area (Å²) in [5.41, 5.74) is 8.16. The first-order chi connectivity index (χ1) is 17.6. The number of amides is 1. The van der Waals surface area contributed by atoms with Gasteiger partial charge in [-0.2, -0.15) is 0 Å². The monoisotopic (exact) mass is 510 g/mol. The number of rotatable bonds is 6. The van der Waals surface area contributed by atoms with Crippen molar-refractivity contribution < 1.29 is 38.9 Å². The number of esters is 1. The third kappa shape index (κ3) is 5.63. The molecule has 0 bridgehead atoms. The van der Waals surface area contributed by atoms with Gasteiger partial charge in [0.15, 0.2) is 5.96 Å². The number of nitrogens with two attached hydrogens (primary N) is 1. The molecule has 0 aliphatic carbocycles. The molecule has 2 aromatic carbocycles. The van der Waals surface area contributed by atoms with E-state index in [1.54, 1.807) is 24.3 Å². The van der Waals surface area contributed by atoms with Crippen LogP contribution in [0.3, 0.4) is 0 Å². The van der Waals surface area contributed by atoms with Gasteiger partial charge in [-0.15, -0.1) is 0 Å². The van der Waals surface area contributed by atoms with Crippen molar-refractivity contribution in [3.8, 4) is 11.5 Å². The van der Waals surface area contributed by atoms with Crippen LogP contribution in [0.5, 0.6) is 11.5 Å². The molecule has 1 unspecified atom stereocenters. The van der Waals surface area contributed by atoms with Crippen LogP contribution in [0.15, 0.2) is 24.3 Å². The Hall–Kier alpha value is -4.61. The van der Waals surface area contributed by atoms with Gasteiger partial charge in [-0.25, -0.2) is 9.59 Å². The molecule has 0 aromatic heterocycles. The molecule has 12 heteroatoms. The smallest absolute Gasteiger partial charge is 0.343 e. The first-order valence-corrected chi connectivity index (χ1v) is 11.7. The van der Waals surface area contributed by atoms with E-state index >= 15 is 0 Å². The average molecular weight is 511 g/mol. The van der Waals surface area contributed by atoms with E-state index in [2.05, 4.69) is 10.6 Å². The number of aliphatic carboxylic acids is 2. The average Bonchev–Trinajstić information content (AvgIpc) is 3.28. The highest BCUT2D eigenvalue weighted by atomic mass is 16.5. The number of hydrogen-bond donors (Lipinski definition) is 6. The fourth-order valence-electron chi connectivity index (χ4n) is 4.59. The van der Waals surface area contributed by atoms with Gasteiger partial charge in [0.2, 0.25) is 0 Å². The van der Waals surface area contributed by atoms with Crippen LogP contribution in [0.2, 0.25) is 0 Å². The molecular weight excluding hydrogens is 484 g/mol. The van der Waals surface area contributed by atoms with Crippen molar-refractivity contribution in [2.24, 2.45) is 5.73 Å². The third-order valence-corrected chi connectivity index (χ3v) is 6.21. The van der Waals surface area contributed by atoms with E-state index in [0.29, 0.717) is 72.4 Å². The molecule has 194 valence electrons. The van der Waals surface area contributed by atoms with Crippen LogP contribution in [-0.2, 0) is 28.9 Å². The van der Waals surface area contributed by atoms with Gasteiger partial charge in [0.05, 0.1) is 24.2 Å². The van der Waals surface area contributed by atoms with E-state index in [1.807, 2.05) is 0 Å². The van der Waals surface area contributed by atoms with Crippen LogP contribution >= 0.6 is 0 Å². The number of fused-ring (bicyclic) bond motifs is 3. The van der Waals surface area contributed by atoms with E-state index in [-0.39, 0.29) is 17.3 Å². The van der Waals surface area contributed by atoms with Gasteiger partial charge in [0.25, 0.3) is 5.91 Å². The first-order valence-electron chi connectivity index (χ1n) is 11.7. The van der Waals surface area contributed by atoms with Crippen LogP contribution in [0.25, 0.3) is 0 Å². The topological polar surface area (TPSA) is 201 Å². The van der Waals surface area contributed by atoms with E-state index in [9.17, 15) is 24.3 Å².